The van der Waals surface area contributed by atoms with Crippen LogP contribution >= 0.6 is 0 Å². The number of aromatic nitrogens is 2. The molecule has 1 aliphatic rings. The van der Waals surface area contributed by atoms with Crippen molar-refractivity contribution in [2.75, 3.05) is 0 Å². The fraction of sp³-hybridized carbons (Fsp3) is 0.0870. The molecule has 1 atom stereocenters. The van der Waals surface area contributed by atoms with Crippen LogP contribution in [0.5, 0.6) is 0 Å². The lowest BCUT2D eigenvalue weighted by atomic mass is 9.97. The number of hydrogen-bond acceptors (Lipinski definition) is 4. The van der Waals surface area contributed by atoms with Gasteiger partial charge in [-0.15, -0.1) is 0 Å². The monoisotopic (exact) mass is 350 g/mol. The van der Waals surface area contributed by atoms with Gasteiger partial charge in [-0.3, -0.25) is 9.97 Å². The number of benzene rings is 3. The predicted molar refractivity (Wildman–Crippen MR) is 108 cm³/mol. The van der Waals surface area contributed by atoms with Crippen molar-refractivity contribution >= 4 is 16.7 Å². The van der Waals surface area contributed by atoms with Crippen LogP contribution in [0, 0.1) is 0 Å². The lowest BCUT2D eigenvalue weighted by Gasteiger charge is -2.10. The Bertz CT molecular complexity index is 1120. The molecule has 2 heterocycles. The van der Waals surface area contributed by atoms with Crippen molar-refractivity contribution in [1.82, 2.24) is 15.4 Å². The molecule has 130 valence electrons. The van der Waals surface area contributed by atoms with Gasteiger partial charge < -0.3 is 5.43 Å². The number of nitrogens with one attached hydrogen (secondary N) is 1. The van der Waals surface area contributed by atoms with E-state index in [0.717, 1.165) is 28.7 Å². The number of hydrazone groups is 1. The summed E-state index contributed by atoms with van der Waals surface area (Å²) in [7, 11) is 0. The molecule has 3 aromatic carbocycles. The summed E-state index contributed by atoms with van der Waals surface area (Å²) in [5, 5.41) is 4.58. The van der Waals surface area contributed by atoms with E-state index >= 15 is 0 Å². The maximum atomic E-state index is 4.58. The molecular formula is C23H18N4. The average molecular weight is 350 g/mol. The lowest BCUT2D eigenvalue weighted by Crippen LogP contribution is -2.10. The number of hydrogen-bond donors (Lipinski definition) is 1. The van der Waals surface area contributed by atoms with E-state index in [1.165, 1.54) is 16.7 Å². The summed E-state index contributed by atoms with van der Waals surface area (Å²) >= 11 is 0. The smallest absolute Gasteiger partial charge is 0.0890 e. The fourth-order valence-electron chi connectivity index (χ4n) is 3.50. The zero-order chi connectivity index (χ0) is 18.1. The summed E-state index contributed by atoms with van der Waals surface area (Å²) in [4.78, 5) is 8.73. The predicted octanol–water partition coefficient (Wildman–Crippen LogP) is 4.74. The maximum Gasteiger partial charge on any atom is 0.0890 e. The minimum absolute atomic E-state index is 0.167. The molecule has 4 nitrogen and oxygen atoms in total. The van der Waals surface area contributed by atoms with Crippen molar-refractivity contribution in [1.29, 1.82) is 0 Å². The van der Waals surface area contributed by atoms with Gasteiger partial charge in [0, 0.05) is 18.8 Å². The van der Waals surface area contributed by atoms with Crippen molar-refractivity contribution in [2.45, 2.75) is 12.5 Å². The van der Waals surface area contributed by atoms with Crippen LogP contribution in [0.2, 0.25) is 0 Å². The molecule has 0 aliphatic carbocycles. The Morgan fingerprint density at radius 2 is 1.41 bits per heavy atom. The van der Waals surface area contributed by atoms with Gasteiger partial charge in [0.2, 0.25) is 0 Å². The largest absolute Gasteiger partial charge is 0.302 e. The van der Waals surface area contributed by atoms with E-state index in [9.17, 15) is 0 Å². The normalized spacial score (nSPS) is 16.1. The van der Waals surface area contributed by atoms with E-state index in [-0.39, 0.29) is 6.04 Å². The van der Waals surface area contributed by atoms with Crippen LogP contribution in [0.25, 0.3) is 22.2 Å². The molecule has 4 heteroatoms. The third kappa shape index (κ3) is 3.06. The van der Waals surface area contributed by atoms with E-state index in [0.29, 0.717) is 0 Å². The highest BCUT2D eigenvalue weighted by molar-refractivity contribution is 6.02. The van der Waals surface area contributed by atoms with Crippen molar-refractivity contribution in [3.05, 3.63) is 96.3 Å². The third-order valence-electron chi connectivity index (χ3n) is 4.97. The topological polar surface area (TPSA) is 50.2 Å². The second kappa shape index (κ2) is 6.65. The molecule has 4 aromatic rings. The Morgan fingerprint density at radius 3 is 2.22 bits per heavy atom. The summed E-state index contributed by atoms with van der Waals surface area (Å²) in [5.74, 6) is 0. The first kappa shape index (κ1) is 15.7. The van der Waals surface area contributed by atoms with Crippen LogP contribution in [0.15, 0.2) is 90.3 Å². The molecule has 0 spiro atoms. The Labute approximate surface area is 157 Å². The van der Waals surface area contributed by atoms with Gasteiger partial charge in [-0.25, -0.2) is 0 Å². The number of nitrogens with zero attached hydrogens (tertiary/aromatic N) is 3. The zero-order valence-electron chi connectivity index (χ0n) is 14.7. The van der Waals surface area contributed by atoms with Crippen LogP contribution in [-0.4, -0.2) is 15.7 Å². The fourth-order valence-corrected chi connectivity index (χ4v) is 3.50. The van der Waals surface area contributed by atoms with Gasteiger partial charge >= 0.3 is 0 Å². The standard InChI is InChI=1S/C23H18N4/c1-2-4-16(5-3-1)17-6-8-18(9-7-17)21-15-22(27-26-21)19-10-11-20-23(14-19)25-13-12-24-20/h1-14,22,27H,15H2. The highest BCUT2D eigenvalue weighted by Gasteiger charge is 2.21. The molecule has 1 unspecified atom stereocenters. The van der Waals surface area contributed by atoms with E-state index in [4.69, 9.17) is 0 Å². The van der Waals surface area contributed by atoms with Gasteiger partial charge in [-0.1, -0.05) is 60.7 Å². The van der Waals surface area contributed by atoms with Crippen molar-refractivity contribution in [3.8, 4) is 11.1 Å². The quantitative estimate of drug-likeness (QED) is 0.581. The molecule has 27 heavy (non-hydrogen) atoms. The van der Waals surface area contributed by atoms with Gasteiger partial charge in [0.25, 0.3) is 0 Å². The first-order chi connectivity index (χ1) is 13.4. The molecule has 1 N–H and O–H groups in total. The number of fused-ring (bicyclic) bond motifs is 1. The average Bonchev–Trinajstić information content (AvgIpc) is 3.24. The summed E-state index contributed by atoms with van der Waals surface area (Å²) in [6.45, 7) is 0. The van der Waals surface area contributed by atoms with Crippen LogP contribution in [0.3, 0.4) is 0 Å². The van der Waals surface area contributed by atoms with Crippen molar-refractivity contribution < 1.29 is 0 Å². The van der Waals surface area contributed by atoms with Crippen LogP contribution < -0.4 is 5.43 Å². The highest BCUT2D eigenvalue weighted by atomic mass is 15.3. The van der Waals surface area contributed by atoms with Gasteiger partial charge in [0.05, 0.1) is 22.8 Å². The van der Waals surface area contributed by atoms with Crippen LogP contribution in [0.4, 0.5) is 0 Å². The molecule has 0 saturated heterocycles. The minimum Gasteiger partial charge on any atom is -0.302 e. The third-order valence-corrected chi connectivity index (χ3v) is 4.97. The van der Waals surface area contributed by atoms with E-state index in [2.05, 4.69) is 81.2 Å². The van der Waals surface area contributed by atoms with E-state index < -0.39 is 0 Å². The second-order valence-corrected chi connectivity index (χ2v) is 6.69. The second-order valence-electron chi connectivity index (χ2n) is 6.69. The van der Waals surface area contributed by atoms with Gasteiger partial charge in [0.15, 0.2) is 0 Å². The molecule has 5 rings (SSSR count). The van der Waals surface area contributed by atoms with E-state index in [1.807, 2.05) is 12.1 Å². The molecule has 1 aromatic heterocycles. The Hall–Kier alpha value is -3.53. The first-order valence-corrected chi connectivity index (χ1v) is 9.05. The van der Waals surface area contributed by atoms with Crippen molar-refractivity contribution in [2.24, 2.45) is 5.10 Å². The minimum atomic E-state index is 0.167. The van der Waals surface area contributed by atoms with Crippen LogP contribution in [0.1, 0.15) is 23.6 Å². The summed E-state index contributed by atoms with van der Waals surface area (Å²) in [6, 6.07) is 25.4. The SMILES string of the molecule is c1ccc(-c2ccc(C3=NNC(c4ccc5nccnc5c4)C3)cc2)cc1. The zero-order valence-corrected chi connectivity index (χ0v) is 14.7. The first-order valence-electron chi connectivity index (χ1n) is 9.05. The van der Waals surface area contributed by atoms with Crippen molar-refractivity contribution in [3.63, 3.8) is 0 Å². The summed E-state index contributed by atoms with van der Waals surface area (Å²) < 4.78 is 0. The van der Waals surface area contributed by atoms with Gasteiger partial charge in [-0.2, -0.15) is 5.10 Å². The molecule has 0 amide bonds. The van der Waals surface area contributed by atoms with Crippen LogP contribution in [-0.2, 0) is 0 Å². The molecular weight excluding hydrogens is 332 g/mol. The molecule has 0 saturated carbocycles. The highest BCUT2D eigenvalue weighted by Crippen LogP contribution is 2.27. The van der Waals surface area contributed by atoms with Gasteiger partial charge in [-0.05, 0) is 34.4 Å². The summed E-state index contributed by atoms with van der Waals surface area (Å²) in [5.41, 5.74) is 11.0. The van der Waals surface area contributed by atoms with Gasteiger partial charge in [0.1, 0.15) is 0 Å². The molecule has 0 bridgehead atoms. The molecule has 1 aliphatic heterocycles. The number of rotatable bonds is 3. The Kier molecular flexibility index (Phi) is 3.87. The summed E-state index contributed by atoms with van der Waals surface area (Å²) in [6.07, 6.45) is 4.30. The molecule has 0 radical (unpaired) electrons. The lowest BCUT2D eigenvalue weighted by molar-refractivity contribution is 0.620. The Morgan fingerprint density at radius 1 is 0.704 bits per heavy atom. The molecule has 0 fully saturated rings. The Balaban J connectivity index is 1.35. The van der Waals surface area contributed by atoms with E-state index in [1.54, 1.807) is 12.4 Å². The maximum absolute atomic E-state index is 4.58.